The largest absolute Gasteiger partial charge is 0.304 e. The van der Waals surface area contributed by atoms with Crippen molar-refractivity contribution < 1.29 is 8.42 Å². The standard InChI is InChI=1S/C8H18N2O2S/c1-9(2)7-5-13(11,12)6-8(7)10(3)4/h7-8H,5-6H2,1-4H3/t7-,8-/m0/s1. The first-order chi connectivity index (χ1) is 5.83. The lowest BCUT2D eigenvalue weighted by Gasteiger charge is -2.29. The van der Waals surface area contributed by atoms with Crippen molar-refractivity contribution in [2.24, 2.45) is 0 Å². The van der Waals surface area contributed by atoms with Gasteiger partial charge in [0.2, 0.25) is 0 Å². The molecule has 1 saturated heterocycles. The van der Waals surface area contributed by atoms with E-state index in [1.165, 1.54) is 0 Å². The zero-order valence-corrected chi connectivity index (χ0v) is 9.50. The van der Waals surface area contributed by atoms with Crippen LogP contribution in [0.3, 0.4) is 0 Å². The van der Waals surface area contributed by atoms with E-state index in [0.29, 0.717) is 11.5 Å². The summed E-state index contributed by atoms with van der Waals surface area (Å²) in [7, 11) is 4.91. The average Bonchev–Trinajstić information content (AvgIpc) is 2.26. The van der Waals surface area contributed by atoms with Crippen LogP contribution in [0.4, 0.5) is 0 Å². The molecule has 0 unspecified atom stereocenters. The summed E-state index contributed by atoms with van der Waals surface area (Å²) >= 11 is 0. The molecule has 0 aromatic rings. The molecule has 0 N–H and O–H groups in total. The maximum Gasteiger partial charge on any atom is 0.153 e. The first-order valence-electron chi connectivity index (χ1n) is 4.37. The van der Waals surface area contributed by atoms with Crippen molar-refractivity contribution >= 4 is 9.84 Å². The molecular weight excluding hydrogens is 188 g/mol. The van der Waals surface area contributed by atoms with Gasteiger partial charge in [-0.3, -0.25) is 0 Å². The Balaban J connectivity index is 2.84. The third-order valence-corrected chi connectivity index (χ3v) is 4.32. The zero-order chi connectivity index (χ0) is 10.2. The number of hydrogen-bond acceptors (Lipinski definition) is 4. The molecule has 0 aromatic heterocycles. The normalized spacial score (nSPS) is 33.1. The molecule has 1 heterocycles. The summed E-state index contributed by atoms with van der Waals surface area (Å²) in [6.45, 7) is 0. The van der Waals surface area contributed by atoms with Crippen molar-refractivity contribution in [1.29, 1.82) is 0 Å². The Bertz CT molecular complexity index is 250. The van der Waals surface area contributed by atoms with Crippen molar-refractivity contribution in [3.8, 4) is 0 Å². The van der Waals surface area contributed by atoms with Gasteiger partial charge in [-0.05, 0) is 28.2 Å². The molecule has 1 aliphatic rings. The van der Waals surface area contributed by atoms with E-state index >= 15 is 0 Å². The van der Waals surface area contributed by atoms with Crippen LogP contribution in [-0.2, 0) is 9.84 Å². The van der Waals surface area contributed by atoms with Gasteiger partial charge in [0.15, 0.2) is 9.84 Å². The third-order valence-electron chi connectivity index (χ3n) is 2.62. The average molecular weight is 206 g/mol. The second-order valence-corrected chi connectivity index (χ2v) is 6.29. The fraction of sp³-hybridized carbons (Fsp3) is 1.00. The van der Waals surface area contributed by atoms with Crippen LogP contribution in [-0.4, -0.2) is 70.0 Å². The number of likely N-dealkylation sites (N-methyl/N-ethyl adjacent to an activating group) is 2. The molecule has 0 aliphatic carbocycles. The summed E-state index contributed by atoms with van der Waals surface area (Å²) in [4.78, 5) is 3.99. The van der Waals surface area contributed by atoms with Crippen LogP contribution in [0, 0.1) is 0 Å². The van der Waals surface area contributed by atoms with E-state index in [-0.39, 0.29) is 12.1 Å². The number of hydrogen-bond donors (Lipinski definition) is 0. The molecule has 0 bridgehead atoms. The number of nitrogens with zero attached hydrogens (tertiary/aromatic N) is 2. The summed E-state index contributed by atoms with van der Waals surface area (Å²) in [5.41, 5.74) is 0. The van der Waals surface area contributed by atoms with Crippen LogP contribution in [0.1, 0.15) is 0 Å². The van der Waals surface area contributed by atoms with E-state index in [2.05, 4.69) is 0 Å². The number of rotatable bonds is 2. The highest BCUT2D eigenvalue weighted by molar-refractivity contribution is 7.91. The Kier molecular flexibility index (Phi) is 2.99. The minimum Gasteiger partial charge on any atom is -0.304 e. The molecule has 0 amide bonds. The highest BCUT2D eigenvalue weighted by Crippen LogP contribution is 2.19. The predicted octanol–water partition coefficient (Wildman–Crippen LogP) is -0.725. The summed E-state index contributed by atoms with van der Waals surface area (Å²) in [6, 6.07) is 0.278. The molecule has 0 spiro atoms. The molecule has 0 radical (unpaired) electrons. The van der Waals surface area contributed by atoms with Crippen molar-refractivity contribution in [2.75, 3.05) is 39.7 Å². The molecular formula is C8H18N2O2S. The highest BCUT2D eigenvalue weighted by atomic mass is 32.2. The first kappa shape index (κ1) is 10.9. The molecule has 4 nitrogen and oxygen atoms in total. The predicted molar refractivity (Wildman–Crippen MR) is 53.6 cm³/mol. The van der Waals surface area contributed by atoms with Crippen LogP contribution >= 0.6 is 0 Å². The number of sulfone groups is 1. The second-order valence-electron chi connectivity index (χ2n) is 4.14. The fourth-order valence-corrected chi connectivity index (χ4v) is 4.01. The molecule has 78 valence electrons. The lowest BCUT2D eigenvalue weighted by molar-refractivity contribution is 0.191. The van der Waals surface area contributed by atoms with E-state index < -0.39 is 9.84 Å². The van der Waals surface area contributed by atoms with Crippen LogP contribution in [0.15, 0.2) is 0 Å². The Labute approximate surface area is 80.4 Å². The zero-order valence-electron chi connectivity index (χ0n) is 8.69. The van der Waals surface area contributed by atoms with Gasteiger partial charge in [0, 0.05) is 12.1 Å². The lowest BCUT2D eigenvalue weighted by Crippen LogP contribution is -2.45. The Morgan fingerprint density at radius 3 is 1.46 bits per heavy atom. The first-order valence-corrected chi connectivity index (χ1v) is 6.19. The Hall–Kier alpha value is -0.130. The lowest BCUT2D eigenvalue weighted by atomic mass is 10.1. The molecule has 1 fully saturated rings. The van der Waals surface area contributed by atoms with Crippen LogP contribution in [0.2, 0.25) is 0 Å². The molecule has 0 saturated carbocycles. The van der Waals surface area contributed by atoms with Gasteiger partial charge < -0.3 is 9.80 Å². The summed E-state index contributed by atoms with van der Waals surface area (Å²) in [5.74, 6) is 0.589. The van der Waals surface area contributed by atoms with Gasteiger partial charge in [-0.25, -0.2) is 8.42 Å². The van der Waals surface area contributed by atoms with E-state index in [0.717, 1.165) is 0 Å². The molecule has 0 aromatic carbocycles. The SMILES string of the molecule is CN(C)[C@H]1CS(=O)(=O)C[C@@H]1N(C)C. The van der Waals surface area contributed by atoms with Gasteiger partial charge in [-0.1, -0.05) is 0 Å². The van der Waals surface area contributed by atoms with Gasteiger partial charge in [0.1, 0.15) is 0 Å². The van der Waals surface area contributed by atoms with E-state index in [4.69, 9.17) is 0 Å². The minimum atomic E-state index is -2.82. The van der Waals surface area contributed by atoms with Gasteiger partial charge in [-0.15, -0.1) is 0 Å². The molecule has 1 aliphatic heterocycles. The monoisotopic (exact) mass is 206 g/mol. The van der Waals surface area contributed by atoms with E-state index in [1.54, 1.807) is 0 Å². The van der Waals surface area contributed by atoms with Crippen LogP contribution in [0.5, 0.6) is 0 Å². The smallest absolute Gasteiger partial charge is 0.153 e. The van der Waals surface area contributed by atoms with Gasteiger partial charge in [-0.2, -0.15) is 0 Å². The summed E-state index contributed by atoms with van der Waals surface area (Å²) in [6.07, 6.45) is 0. The minimum absolute atomic E-state index is 0.139. The van der Waals surface area contributed by atoms with Crippen molar-refractivity contribution in [3.05, 3.63) is 0 Å². The van der Waals surface area contributed by atoms with E-state index in [1.807, 2.05) is 38.0 Å². The van der Waals surface area contributed by atoms with Gasteiger partial charge >= 0.3 is 0 Å². The van der Waals surface area contributed by atoms with Crippen molar-refractivity contribution in [1.82, 2.24) is 9.80 Å². The maximum atomic E-state index is 11.4. The third kappa shape index (κ3) is 2.42. The summed E-state index contributed by atoms with van der Waals surface area (Å²) in [5, 5.41) is 0. The fourth-order valence-electron chi connectivity index (χ4n) is 1.80. The molecule has 2 atom stereocenters. The quantitative estimate of drug-likeness (QED) is 0.597. The van der Waals surface area contributed by atoms with Crippen molar-refractivity contribution in [2.45, 2.75) is 12.1 Å². The maximum absolute atomic E-state index is 11.4. The Morgan fingerprint density at radius 1 is 0.923 bits per heavy atom. The second kappa shape index (κ2) is 3.55. The molecule has 13 heavy (non-hydrogen) atoms. The summed E-state index contributed by atoms with van der Waals surface area (Å²) < 4.78 is 22.8. The molecule has 1 rings (SSSR count). The topological polar surface area (TPSA) is 40.6 Å². The van der Waals surface area contributed by atoms with Gasteiger partial charge in [0.25, 0.3) is 0 Å². The van der Waals surface area contributed by atoms with E-state index in [9.17, 15) is 8.42 Å². The highest BCUT2D eigenvalue weighted by Gasteiger charge is 2.39. The molecule has 5 heteroatoms. The van der Waals surface area contributed by atoms with Gasteiger partial charge in [0.05, 0.1) is 11.5 Å². The van der Waals surface area contributed by atoms with Crippen molar-refractivity contribution in [3.63, 3.8) is 0 Å². The van der Waals surface area contributed by atoms with Crippen LogP contribution < -0.4 is 0 Å². The Morgan fingerprint density at radius 2 is 1.23 bits per heavy atom. The van der Waals surface area contributed by atoms with Crippen LogP contribution in [0.25, 0.3) is 0 Å².